The van der Waals surface area contributed by atoms with Crippen molar-refractivity contribution in [1.82, 2.24) is 14.5 Å². The summed E-state index contributed by atoms with van der Waals surface area (Å²) in [5, 5.41) is 6.16. The zero-order valence-electron chi connectivity index (χ0n) is 36.0. The average molecular weight is 836 g/mol. The van der Waals surface area contributed by atoms with Gasteiger partial charge in [-0.25, -0.2) is 9.97 Å². The van der Waals surface area contributed by atoms with E-state index in [1.54, 1.807) is 0 Å². The van der Waals surface area contributed by atoms with Crippen LogP contribution in [0.4, 0.5) is 0 Å². The summed E-state index contributed by atoms with van der Waals surface area (Å²) in [5.74, 6) is 2.00. The molecular formula is C61H45N3O. The molecule has 0 N–H and O–H groups in total. The predicted octanol–water partition coefficient (Wildman–Crippen LogP) is 15.7. The Labute approximate surface area is 378 Å². The fourth-order valence-electron chi connectivity index (χ4n) is 10.8. The maximum atomic E-state index is 6.94. The highest BCUT2D eigenvalue weighted by atomic mass is 16.3. The molecular weight excluding hydrogens is 791 g/mol. The lowest BCUT2D eigenvalue weighted by atomic mass is 9.84. The summed E-state index contributed by atoms with van der Waals surface area (Å²) >= 11 is 0. The van der Waals surface area contributed by atoms with Crippen LogP contribution in [0.1, 0.15) is 77.6 Å². The second-order valence-electron chi connectivity index (χ2n) is 17.8. The quantitative estimate of drug-likeness (QED) is 0.161. The minimum absolute atomic E-state index is 0.121. The van der Waals surface area contributed by atoms with Gasteiger partial charge in [-0.1, -0.05) is 158 Å². The van der Waals surface area contributed by atoms with E-state index in [0.717, 1.165) is 83.6 Å². The van der Waals surface area contributed by atoms with E-state index in [-0.39, 0.29) is 5.92 Å². The summed E-state index contributed by atoms with van der Waals surface area (Å²) in [6, 6.07) is 50.6. The highest BCUT2D eigenvalue weighted by Crippen LogP contribution is 2.46. The standard InChI is InChI=1S/C61H45N3O/c1-3-16-39(17-4-1)54-38-55(63-61(62-54)40-18-5-2-6-19-40)45-23-14-21-42(35-45)41-20-13-22-43(34-41)47-28-15-31-58-59(47)53-37-52(48-24-7-8-27-51(48)60(53)65-58)44-32-33-46(36-44)64-56-29-11-9-25-49(56)50-26-10-12-30-57(50)64/h1,3-5,7-14,16-30,32-34,37-38,45H,2,6,15,31,35-36H2. The Balaban J connectivity index is 0.847. The molecule has 1 atom stereocenters. The van der Waals surface area contributed by atoms with Crippen molar-refractivity contribution in [3.05, 3.63) is 234 Å². The van der Waals surface area contributed by atoms with Gasteiger partial charge in [-0.3, -0.25) is 0 Å². The molecule has 0 fully saturated rings. The third-order valence-corrected chi connectivity index (χ3v) is 13.9. The lowest BCUT2D eigenvalue weighted by Crippen LogP contribution is -2.08. The summed E-state index contributed by atoms with van der Waals surface area (Å²) < 4.78 is 9.40. The van der Waals surface area contributed by atoms with Crippen molar-refractivity contribution in [3.8, 4) is 11.3 Å². The molecule has 0 spiro atoms. The molecule has 9 aromatic rings. The summed E-state index contributed by atoms with van der Waals surface area (Å²) in [4.78, 5) is 10.3. The fraction of sp³-hybridized carbons (Fsp3) is 0.115. The van der Waals surface area contributed by atoms with E-state index in [1.165, 1.54) is 77.2 Å². The van der Waals surface area contributed by atoms with E-state index < -0.39 is 0 Å². The number of furan rings is 1. The van der Waals surface area contributed by atoms with Gasteiger partial charge in [-0.05, 0) is 101 Å². The van der Waals surface area contributed by atoms with Crippen molar-refractivity contribution in [3.63, 3.8) is 0 Å². The maximum Gasteiger partial charge on any atom is 0.159 e. The van der Waals surface area contributed by atoms with Crippen molar-refractivity contribution in [1.29, 1.82) is 0 Å². The Kier molecular flexibility index (Phi) is 8.97. The smallest absolute Gasteiger partial charge is 0.159 e. The van der Waals surface area contributed by atoms with Crippen molar-refractivity contribution < 1.29 is 4.42 Å². The van der Waals surface area contributed by atoms with Gasteiger partial charge in [0.15, 0.2) is 5.82 Å². The van der Waals surface area contributed by atoms with Gasteiger partial charge >= 0.3 is 0 Å². The molecule has 0 aliphatic heterocycles. The van der Waals surface area contributed by atoms with Gasteiger partial charge in [0.2, 0.25) is 0 Å². The minimum Gasteiger partial charge on any atom is -0.460 e. The van der Waals surface area contributed by atoms with Crippen LogP contribution in [0.3, 0.4) is 0 Å². The third-order valence-electron chi connectivity index (χ3n) is 13.9. The van der Waals surface area contributed by atoms with Crippen LogP contribution < -0.4 is 0 Å². The Hall–Kier alpha value is -7.82. The summed E-state index contributed by atoms with van der Waals surface area (Å²) in [5.41, 5.74) is 17.8. The number of benzene rings is 6. The van der Waals surface area contributed by atoms with Crippen LogP contribution in [-0.2, 0) is 6.42 Å². The summed E-state index contributed by atoms with van der Waals surface area (Å²) in [7, 11) is 0. The topological polar surface area (TPSA) is 43.9 Å². The number of rotatable bonds is 7. The highest BCUT2D eigenvalue weighted by molar-refractivity contribution is 6.15. The zero-order chi connectivity index (χ0) is 42.8. The molecule has 4 aliphatic rings. The van der Waals surface area contributed by atoms with Gasteiger partial charge in [0.1, 0.15) is 11.3 Å². The number of nitrogens with zero attached hydrogens (tertiary/aromatic N) is 3. The third kappa shape index (κ3) is 6.43. The van der Waals surface area contributed by atoms with Crippen LogP contribution in [-0.4, -0.2) is 14.5 Å². The molecule has 6 aromatic carbocycles. The molecule has 0 amide bonds. The molecule has 4 nitrogen and oxygen atoms in total. The lowest BCUT2D eigenvalue weighted by molar-refractivity contribution is 0.548. The Morgan fingerprint density at radius 3 is 2.15 bits per heavy atom. The van der Waals surface area contributed by atoms with Crippen LogP contribution in [0.15, 0.2) is 199 Å². The number of fused-ring (bicyclic) bond motifs is 8. The molecule has 1 unspecified atom stereocenters. The van der Waals surface area contributed by atoms with E-state index >= 15 is 0 Å². The number of hydrogen-bond donors (Lipinski definition) is 0. The van der Waals surface area contributed by atoms with Crippen LogP contribution in [0.25, 0.3) is 82.8 Å². The van der Waals surface area contributed by atoms with E-state index in [4.69, 9.17) is 14.4 Å². The molecule has 0 bridgehead atoms. The molecule has 65 heavy (non-hydrogen) atoms. The van der Waals surface area contributed by atoms with Gasteiger partial charge in [0.25, 0.3) is 0 Å². The van der Waals surface area contributed by atoms with Crippen LogP contribution in [0.5, 0.6) is 0 Å². The second kappa shape index (κ2) is 15.5. The molecule has 4 heteroatoms. The first-order valence-corrected chi connectivity index (χ1v) is 23.1. The van der Waals surface area contributed by atoms with E-state index in [2.05, 4.69) is 199 Å². The van der Waals surface area contributed by atoms with Gasteiger partial charge in [0, 0.05) is 62.7 Å². The number of hydrogen-bond acceptors (Lipinski definition) is 3. The van der Waals surface area contributed by atoms with Crippen molar-refractivity contribution in [2.24, 2.45) is 0 Å². The Bertz CT molecular complexity index is 3600. The zero-order valence-corrected chi connectivity index (χ0v) is 36.0. The van der Waals surface area contributed by atoms with Gasteiger partial charge in [0.05, 0.1) is 22.4 Å². The van der Waals surface area contributed by atoms with Gasteiger partial charge in [-0.15, -0.1) is 0 Å². The number of para-hydroxylation sites is 2. The Morgan fingerprint density at radius 1 is 0.585 bits per heavy atom. The first-order chi connectivity index (χ1) is 32.2. The minimum atomic E-state index is 0.121. The normalized spacial score (nSPS) is 17.0. The summed E-state index contributed by atoms with van der Waals surface area (Å²) in [6.45, 7) is 0. The van der Waals surface area contributed by atoms with Crippen LogP contribution in [0.2, 0.25) is 0 Å². The maximum absolute atomic E-state index is 6.94. The van der Waals surface area contributed by atoms with Crippen LogP contribution in [0, 0.1) is 0 Å². The summed E-state index contributed by atoms with van der Waals surface area (Å²) in [6.07, 6.45) is 26.2. The molecule has 3 aromatic heterocycles. The van der Waals surface area contributed by atoms with Crippen molar-refractivity contribution in [2.75, 3.05) is 0 Å². The lowest BCUT2D eigenvalue weighted by Gasteiger charge is -2.21. The number of allylic oxidation sites excluding steroid dienone is 13. The molecule has 0 saturated heterocycles. The molecule has 310 valence electrons. The van der Waals surface area contributed by atoms with Crippen molar-refractivity contribution >= 4 is 71.5 Å². The molecule has 4 aliphatic carbocycles. The number of aryl methyl sites for hydroxylation is 1. The van der Waals surface area contributed by atoms with Gasteiger partial charge in [-0.2, -0.15) is 0 Å². The Morgan fingerprint density at radius 2 is 1.34 bits per heavy atom. The average Bonchev–Trinajstić information content (AvgIpc) is 4.11. The van der Waals surface area contributed by atoms with E-state index in [1.807, 2.05) is 0 Å². The first-order valence-electron chi connectivity index (χ1n) is 23.1. The van der Waals surface area contributed by atoms with Crippen LogP contribution >= 0.6 is 0 Å². The largest absolute Gasteiger partial charge is 0.460 e. The fourth-order valence-corrected chi connectivity index (χ4v) is 10.8. The monoisotopic (exact) mass is 835 g/mol. The number of aromatic nitrogens is 3. The second-order valence-corrected chi connectivity index (χ2v) is 17.8. The molecule has 0 radical (unpaired) electrons. The first kappa shape index (κ1) is 37.7. The van der Waals surface area contributed by atoms with Gasteiger partial charge < -0.3 is 8.98 Å². The SMILES string of the molecule is C1=CC(c2cc(-c3ccccc3)nc(C3=CCCC=C3)n2)CC(c2cccc(C3=CCCc4oc5c(cc(C6=CC=C(n7c8ccccc8c8ccccc87)C6)c6ccccc65)c43)c2)=C1. The molecule has 0 saturated carbocycles. The van der Waals surface area contributed by atoms with E-state index in [9.17, 15) is 0 Å². The predicted molar refractivity (Wildman–Crippen MR) is 270 cm³/mol. The van der Waals surface area contributed by atoms with Crippen molar-refractivity contribution in [2.45, 2.75) is 44.4 Å². The molecule has 3 heterocycles. The molecule has 13 rings (SSSR count). The van der Waals surface area contributed by atoms with E-state index in [0.29, 0.717) is 0 Å². The highest BCUT2D eigenvalue weighted by Gasteiger charge is 2.27.